The van der Waals surface area contributed by atoms with Gasteiger partial charge in [0.1, 0.15) is 0 Å². The number of hydrogen-bond donors (Lipinski definition) is 1. The molecule has 1 aromatic carbocycles. The van der Waals surface area contributed by atoms with Crippen molar-refractivity contribution < 1.29 is 0 Å². The Kier molecular flexibility index (Phi) is 6.30. The van der Waals surface area contributed by atoms with E-state index in [0.29, 0.717) is 0 Å². The lowest BCUT2D eigenvalue weighted by Gasteiger charge is -2.37. The highest BCUT2D eigenvalue weighted by molar-refractivity contribution is 5.85. The van der Waals surface area contributed by atoms with E-state index in [9.17, 15) is 0 Å². The van der Waals surface area contributed by atoms with Crippen LogP contribution in [0.25, 0.3) is 0 Å². The van der Waals surface area contributed by atoms with Crippen molar-refractivity contribution in [1.29, 1.82) is 0 Å². The summed E-state index contributed by atoms with van der Waals surface area (Å²) in [5.74, 6) is 0. The van der Waals surface area contributed by atoms with Gasteiger partial charge in [-0.1, -0.05) is 30.3 Å². The van der Waals surface area contributed by atoms with Gasteiger partial charge in [-0.2, -0.15) is 0 Å². The standard InChI is InChI=1S/C16H25N3.ClH/c1-2-4-15(5-3-1)7-9-18-10-12-19(13-11-18)16-6-8-17-14-16;/h1-5,16-17H,6-14H2;1H. The predicted octanol–water partition coefficient (Wildman–Crippen LogP) is 1.63. The minimum absolute atomic E-state index is 0. The van der Waals surface area contributed by atoms with E-state index in [1.165, 1.54) is 64.2 Å². The van der Waals surface area contributed by atoms with Crippen molar-refractivity contribution in [3.05, 3.63) is 35.9 Å². The topological polar surface area (TPSA) is 18.5 Å². The van der Waals surface area contributed by atoms with Crippen LogP contribution < -0.4 is 5.32 Å². The van der Waals surface area contributed by atoms with E-state index < -0.39 is 0 Å². The summed E-state index contributed by atoms with van der Waals surface area (Å²) >= 11 is 0. The Labute approximate surface area is 128 Å². The number of halogens is 1. The zero-order chi connectivity index (χ0) is 12.9. The molecule has 1 aromatic rings. The lowest BCUT2D eigenvalue weighted by Crippen LogP contribution is -2.51. The third kappa shape index (κ3) is 4.19. The third-order valence-electron chi connectivity index (χ3n) is 4.52. The van der Waals surface area contributed by atoms with Crippen LogP contribution in [-0.4, -0.2) is 61.7 Å². The fourth-order valence-corrected chi connectivity index (χ4v) is 3.24. The second-order valence-corrected chi connectivity index (χ2v) is 5.76. The summed E-state index contributed by atoms with van der Waals surface area (Å²) in [7, 11) is 0. The highest BCUT2D eigenvalue weighted by Crippen LogP contribution is 2.12. The van der Waals surface area contributed by atoms with Gasteiger partial charge < -0.3 is 10.2 Å². The Morgan fingerprint density at radius 3 is 2.45 bits per heavy atom. The van der Waals surface area contributed by atoms with E-state index in [4.69, 9.17) is 0 Å². The van der Waals surface area contributed by atoms with Gasteiger partial charge in [0.25, 0.3) is 0 Å². The van der Waals surface area contributed by atoms with Crippen LogP contribution in [0.3, 0.4) is 0 Å². The summed E-state index contributed by atoms with van der Waals surface area (Å²) in [5, 5.41) is 3.47. The Hall–Kier alpha value is -0.610. The molecule has 0 radical (unpaired) electrons. The maximum atomic E-state index is 3.47. The van der Waals surface area contributed by atoms with Gasteiger partial charge in [0.2, 0.25) is 0 Å². The number of nitrogens with one attached hydrogen (secondary N) is 1. The third-order valence-corrected chi connectivity index (χ3v) is 4.52. The van der Waals surface area contributed by atoms with E-state index in [-0.39, 0.29) is 12.4 Å². The number of hydrogen-bond acceptors (Lipinski definition) is 3. The van der Waals surface area contributed by atoms with Gasteiger partial charge in [-0.25, -0.2) is 0 Å². The molecule has 2 aliphatic rings. The van der Waals surface area contributed by atoms with Crippen LogP contribution in [0.5, 0.6) is 0 Å². The number of benzene rings is 1. The zero-order valence-electron chi connectivity index (χ0n) is 12.1. The van der Waals surface area contributed by atoms with Crippen molar-refractivity contribution in [2.75, 3.05) is 45.8 Å². The molecule has 0 bridgehead atoms. The lowest BCUT2D eigenvalue weighted by molar-refractivity contribution is 0.103. The molecule has 2 aliphatic heterocycles. The molecule has 2 fully saturated rings. The molecule has 0 aliphatic carbocycles. The summed E-state index contributed by atoms with van der Waals surface area (Å²) in [6.45, 7) is 8.60. The molecular formula is C16H26ClN3. The first kappa shape index (κ1) is 15.8. The molecule has 0 saturated carbocycles. The van der Waals surface area contributed by atoms with E-state index in [1.807, 2.05) is 0 Å². The van der Waals surface area contributed by atoms with Gasteiger partial charge in [0.15, 0.2) is 0 Å². The SMILES string of the molecule is Cl.c1ccc(CCN2CCN(C3CCNC3)CC2)cc1. The largest absolute Gasteiger partial charge is 0.315 e. The molecule has 2 heterocycles. The molecule has 0 amide bonds. The van der Waals surface area contributed by atoms with Crippen molar-refractivity contribution >= 4 is 12.4 Å². The predicted molar refractivity (Wildman–Crippen MR) is 86.7 cm³/mol. The zero-order valence-corrected chi connectivity index (χ0v) is 12.9. The first-order valence-corrected chi connectivity index (χ1v) is 7.63. The van der Waals surface area contributed by atoms with Gasteiger partial charge in [-0.3, -0.25) is 4.90 Å². The van der Waals surface area contributed by atoms with Gasteiger partial charge in [-0.15, -0.1) is 12.4 Å². The summed E-state index contributed by atoms with van der Waals surface area (Å²) < 4.78 is 0. The number of nitrogens with zero attached hydrogens (tertiary/aromatic N) is 2. The summed E-state index contributed by atoms with van der Waals surface area (Å²) in [6, 6.07) is 11.6. The van der Waals surface area contributed by atoms with Crippen LogP contribution in [0.15, 0.2) is 30.3 Å². The fraction of sp³-hybridized carbons (Fsp3) is 0.625. The Balaban J connectivity index is 0.00000147. The van der Waals surface area contributed by atoms with Crippen molar-refractivity contribution in [1.82, 2.24) is 15.1 Å². The van der Waals surface area contributed by atoms with Crippen LogP contribution in [-0.2, 0) is 6.42 Å². The maximum absolute atomic E-state index is 3.47. The smallest absolute Gasteiger partial charge is 0.0233 e. The molecule has 3 nitrogen and oxygen atoms in total. The average molecular weight is 296 g/mol. The second kappa shape index (κ2) is 7.99. The Bertz CT molecular complexity index is 371. The fourth-order valence-electron chi connectivity index (χ4n) is 3.24. The van der Waals surface area contributed by atoms with Gasteiger partial charge in [0.05, 0.1) is 0 Å². The molecule has 1 unspecified atom stereocenters. The van der Waals surface area contributed by atoms with Gasteiger partial charge in [-0.05, 0) is 24.9 Å². The molecule has 2 saturated heterocycles. The monoisotopic (exact) mass is 295 g/mol. The molecule has 1 N–H and O–H groups in total. The van der Waals surface area contributed by atoms with Crippen LogP contribution in [0.2, 0.25) is 0 Å². The number of piperazine rings is 1. The minimum atomic E-state index is 0. The van der Waals surface area contributed by atoms with Gasteiger partial charge in [0, 0.05) is 45.3 Å². The van der Waals surface area contributed by atoms with Crippen molar-refractivity contribution in [2.45, 2.75) is 18.9 Å². The van der Waals surface area contributed by atoms with E-state index in [2.05, 4.69) is 45.4 Å². The van der Waals surface area contributed by atoms with Crippen LogP contribution in [0, 0.1) is 0 Å². The molecule has 4 heteroatoms. The number of rotatable bonds is 4. The van der Waals surface area contributed by atoms with Crippen molar-refractivity contribution in [3.63, 3.8) is 0 Å². The highest BCUT2D eigenvalue weighted by Gasteiger charge is 2.25. The first-order chi connectivity index (χ1) is 9.42. The van der Waals surface area contributed by atoms with E-state index >= 15 is 0 Å². The van der Waals surface area contributed by atoms with Crippen LogP contribution in [0.4, 0.5) is 0 Å². The van der Waals surface area contributed by atoms with Crippen molar-refractivity contribution in [2.24, 2.45) is 0 Å². The molecule has 0 spiro atoms. The molecular weight excluding hydrogens is 270 g/mol. The molecule has 1 atom stereocenters. The van der Waals surface area contributed by atoms with Crippen LogP contribution >= 0.6 is 12.4 Å². The summed E-state index contributed by atoms with van der Waals surface area (Å²) in [4.78, 5) is 5.30. The quantitative estimate of drug-likeness (QED) is 0.911. The molecule has 3 rings (SSSR count). The van der Waals surface area contributed by atoms with Crippen LogP contribution in [0.1, 0.15) is 12.0 Å². The summed E-state index contributed by atoms with van der Waals surface area (Å²) in [6.07, 6.45) is 2.52. The molecule has 0 aromatic heterocycles. The van der Waals surface area contributed by atoms with E-state index in [0.717, 1.165) is 6.04 Å². The normalized spacial score (nSPS) is 24.5. The lowest BCUT2D eigenvalue weighted by atomic mass is 10.1. The highest BCUT2D eigenvalue weighted by atomic mass is 35.5. The Morgan fingerprint density at radius 1 is 1.05 bits per heavy atom. The molecule has 112 valence electrons. The van der Waals surface area contributed by atoms with Crippen molar-refractivity contribution in [3.8, 4) is 0 Å². The molecule has 20 heavy (non-hydrogen) atoms. The average Bonchev–Trinajstić information content (AvgIpc) is 3.01. The van der Waals surface area contributed by atoms with Gasteiger partial charge >= 0.3 is 0 Å². The second-order valence-electron chi connectivity index (χ2n) is 5.76. The Morgan fingerprint density at radius 2 is 1.80 bits per heavy atom. The maximum Gasteiger partial charge on any atom is 0.0233 e. The van der Waals surface area contributed by atoms with E-state index in [1.54, 1.807) is 0 Å². The minimum Gasteiger partial charge on any atom is -0.315 e. The summed E-state index contributed by atoms with van der Waals surface area (Å²) in [5.41, 5.74) is 1.46. The first-order valence-electron chi connectivity index (χ1n) is 7.63.